The van der Waals surface area contributed by atoms with Crippen molar-refractivity contribution in [3.8, 4) is 0 Å². The molecule has 27 heteroatoms. The molecule has 0 aromatic rings. The number of carbonyl (C=O) groups excluding carboxylic acids is 1. The smallest absolute Gasteiger partial charge is 0.187 e. The van der Waals surface area contributed by atoms with Crippen molar-refractivity contribution in [3.05, 3.63) is 0 Å². The van der Waals surface area contributed by atoms with Gasteiger partial charge in [-0.1, -0.05) is 41.5 Å². The Bertz CT molecular complexity index is 2340. The second-order valence-corrected chi connectivity index (χ2v) is 28.6. The number of carbonyl (C=O) groups is 1. The highest BCUT2D eigenvalue weighted by Crippen LogP contribution is 2.80. The largest absolute Gasteiger partial charge is 0.394 e. The maximum atomic E-state index is 12.7. The summed E-state index contributed by atoms with van der Waals surface area (Å²) in [6.07, 6.45) is -33.9. The molecule has 488 valence electrons. The van der Waals surface area contributed by atoms with Crippen LogP contribution in [-0.4, -0.2) is 282 Å². The molecule has 11 aliphatic rings. The van der Waals surface area contributed by atoms with E-state index in [1.807, 2.05) is 6.92 Å². The third kappa shape index (κ3) is 10.2. The molecular weight excluding hydrogens is 1130 g/mol. The molecule has 5 aliphatic carbocycles. The summed E-state index contributed by atoms with van der Waals surface area (Å²) in [4.78, 5) is 12.7. The first-order chi connectivity index (χ1) is 40.0. The molecular formula is C58H94O27. The van der Waals surface area contributed by atoms with Gasteiger partial charge in [-0.25, -0.2) is 0 Å². The van der Waals surface area contributed by atoms with Crippen LogP contribution < -0.4 is 0 Å². The quantitative estimate of drug-likeness (QED) is 0.0581. The zero-order chi connectivity index (χ0) is 61.5. The summed E-state index contributed by atoms with van der Waals surface area (Å²) >= 11 is 0. The van der Waals surface area contributed by atoms with Gasteiger partial charge in [-0.15, -0.1) is 0 Å². The highest BCUT2D eigenvalue weighted by atomic mass is 16.8. The summed E-state index contributed by atoms with van der Waals surface area (Å²) in [7, 11) is 0. The van der Waals surface area contributed by atoms with Crippen LogP contribution in [0.1, 0.15) is 106 Å². The van der Waals surface area contributed by atoms with E-state index in [0.717, 1.165) is 38.4 Å². The van der Waals surface area contributed by atoms with Gasteiger partial charge in [0.05, 0.1) is 57.5 Å². The van der Waals surface area contributed by atoms with E-state index in [1.54, 1.807) is 0 Å². The minimum absolute atomic E-state index is 0.0296. The van der Waals surface area contributed by atoms with Gasteiger partial charge in [0, 0.05) is 16.2 Å². The van der Waals surface area contributed by atoms with Gasteiger partial charge >= 0.3 is 0 Å². The van der Waals surface area contributed by atoms with Crippen molar-refractivity contribution in [1.29, 1.82) is 0 Å². The summed E-state index contributed by atoms with van der Waals surface area (Å²) in [5.74, 6) is 0.263. The van der Waals surface area contributed by atoms with Crippen molar-refractivity contribution in [2.45, 2.75) is 265 Å². The van der Waals surface area contributed by atoms with Crippen LogP contribution in [0.5, 0.6) is 0 Å². The number of hydrogen-bond acceptors (Lipinski definition) is 27. The summed E-state index contributed by atoms with van der Waals surface area (Å²) in [5.41, 5.74) is -2.99. The van der Waals surface area contributed by atoms with Crippen LogP contribution in [0.4, 0.5) is 0 Å². The molecule has 0 amide bonds. The minimum Gasteiger partial charge on any atom is -0.394 e. The van der Waals surface area contributed by atoms with Gasteiger partial charge < -0.3 is 133 Å². The lowest BCUT2D eigenvalue weighted by atomic mass is 9.30. The van der Waals surface area contributed by atoms with Crippen LogP contribution in [0.15, 0.2) is 0 Å². The first kappa shape index (κ1) is 65.1. The highest BCUT2D eigenvalue weighted by molar-refractivity contribution is 5.59. The van der Waals surface area contributed by atoms with E-state index in [9.17, 15) is 81.4 Å². The van der Waals surface area contributed by atoms with E-state index in [2.05, 4.69) is 34.6 Å². The van der Waals surface area contributed by atoms with Crippen molar-refractivity contribution < 1.29 is 133 Å². The molecule has 11 rings (SSSR count). The molecule has 5 saturated carbocycles. The zero-order valence-corrected chi connectivity index (χ0v) is 49.2. The first-order valence-electron chi connectivity index (χ1n) is 30.6. The van der Waals surface area contributed by atoms with Crippen LogP contribution in [-0.2, 0) is 56.9 Å². The number of aldehydes is 1. The Morgan fingerprint density at radius 2 is 1.02 bits per heavy atom. The van der Waals surface area contributed by atoms with E-state index in [1.165, 1.54) is 0 Å². The number of aliphatic hydroxyl groups is 15. The normalized spacial score (nSPS) is 57.6. The van der Waals surface area contributed by atoms with Gasteiger partial charge in [-0.05, 0) is 98.2 Å². The molecule has 0 aromatic carbocycles. The molecule has 85 heavy (non-hydrogen) atoms. The molecule has 15 N–H and O–H groups in total. The Morgan fingerprint density at radius 3 is 1.65 bits per heavy atom. The lowest BCUT2D eigenvalue weighted by molar-refractivity contribution is -0.403. The van der Waals surface area contributed by atoms with Gasteiger partial charge in [0.1, 0.15) is 116 Å². The zero-order valence-electron chi connectivity index (χ0n) is 49.2. The predicted octanol–water partition coefficient (Wildman–Crippen LogP) is -4.07. The van der Waals surface area contributed by atoms with Crippen molar-refractivity contribution in [1.82, 2.24) is 0 Å². The number of rotatable bonds is 14. The van der Waals surface area contributed by atoms with Gasteiger partial charge in [0.25, 0.3) is 0 Å². The molecule has 1 spiro atoms. The lowest BCUT2D eigenvalue weighted by Gasteiger charge is -2.75. The number of aliphatic hydroxyl groups excluding tert-OH is 15. The standard InChI is InChI=1S/C58H94O27/c1-52(2)29-7-11-55(5)30(8-12-58-31-15-53(3,22-62)13-14-57(31,23-77-58)32(64)16-56(55,58)6)54(29,4)10-9-33(52)82-49-44(85-51-46(41(72)37(68)27(19-61)80-51)84-48-43(74)39(70)35(66)25(17-59)78-48)38(69)28(21-76-49)81-50-45(40(71)36(67)26(18-60)79-50)83-47-42(73)34(65)24(63)20-75-47/h22,24-51,59-61,63-74H,7-21,23H2,1-6H3. The molecule has 34 atom stereocenters. The molecule has 2 bridgehead atoms. The van der Waals surface area contributed by atoms with Crippen molar-refractivity contribution in [2.75, 3.05) is 39.6 Å². The Kier molecular flexibility index (Phi) is 18.1. The molecule has 6 saturated heterocycles. The fraction of sp³-hybridized carbons (Fsp3) is 0.983. The molecule has 0 radical (unpaired) electrons. The van der Waals surface area contributed by atoms with Crippen LogP contribution in [0.3, 0.4) is 0 Å². The van der Waals surface area contributed by atoms with Gasteiger partial charge in [-0.2, -0.15) is 0 Å². The summed E-state index contributed by atoms with van der Waals surface area (Å²) in [6.45, 7) is 10.3. The number of hydrogen-bond donors (Lipinski definition) is 15. The maximum Gasteiger partial charge on any atom is 0.187 e. The highest BCUT2D eigenvalue weighted by Gasteiger charge is 2.80. The average molecular weight is 1220 g/mol. The summed E-state index contributed by atoms with van der Waals surface area (Å²) < 4.78 is 68.5. The van der Waals surface area contributed by atoms with Crippen molar-refractivity contribution >= 4 is 6.29 Å². The van der Waals surface area contributed by atoms with E-state index in [-0.39, 0.29) is 28.6 Å². The molecule has 0 aromatic heterocycles. The Balaban J connectivity index is 0.885. The van der Waals surface area contributed by atoms with Crippen LogP contribution in [0.2, 0.25) is 0 Å². The van der Waals surface area contributed by atoms with Crippen LogP contribution in [0.25, 0.3) is 0 Å². The lowest BCUT2D eigenvalue weighted by Crippen LogP contribution is -2.74. The van der Waals surface area contributed by atoms with Crippen LogP contribution in [0, 0.1) is 50.2 Å². The average Bonchev–Trinajstić information content (AvgIpc) is 1.63. The Labute approximate surface area is 493 Å². The number of ether oxygens (including phenoxy) is 11. The molecule has 27 nitrogen and oxygen atoms in total. The minimum atomic E-state index is -2.02. The van der Waals surface area contributed by atoms with Crippen molar-refractivity contribution in [2.24, 2.45) is 50.2 Å². The molecule has 11 fully saturated rings. The fourth-order valence-corrected chi connectivity index (χ4v) is 18.9. The fourth-order valence-electron chi connectivity index (χ4n) is 18.9. The first-order valence-corrected chi connectivity index (χ1v) is 30.6. The SMILES string of the molecule is CC1(C=O)CCC23COC4(CCC5C6(C)CCC(OC7OCC(OC8OC(CO)C(O)C(O)C8OC8OCC(O)C(O)C8O)C(O)C7OC7OC(CO)C(O)C(O)C7OC7OC(CO)C(O)C(O)C7O)C(C)(C)C6CCC5(C)C4(C)CC2O)C3C1. The maximum absolute atomic E-state index is 12.7. The monoisotopic (exact) mass is 1220 g/mol. The van der Waals surface area contributed by atoms with Gasteiger partial charge in [0.15, 0.2) is 31.5 Å². The van der Waals surface area contributed by atoms with Crippen molar-refractivity contribution in [3.63, 3.8) is 0 Å². The van der Waals surface area contributed by atoms with Gasteiger partial charge in [0.2, 0.25) is 0 Å². The van der Waals surface area contributed by atoms with E-state index in [4.69, 9.17) is 52.1 Å². The molecule has 34 unspecified atom stereocenters. The third-order valence-electron chi connectivity index (χ3n) is 24.1. The van der Waals surface area contributed by atoms with Gasteiger partial charge in [-0.3, -0.25) is 0 Å². The topological polar surface area (TPSA) is 422 Å². The van der Waals surface area contributed by atoms with E-state index < -0.39 is 214 Å². The number of fused-ring (bicyclic) bond motifs is 4. The van der Waals surface area contributed by atoms with E-state index in [0.29, 0.717) is 38.7 Å². The predicted molar refractivity (Wildman–Crippen MR) is 283 cm³/mol. The Hall–Kier alpha value is -1.37. The summed E-state index contributed by atoms with van der Waals surface area (Å²) in [6, 6.07) is 0. The second kappa shape index (κ2) is 23.6. The Morgan fingerprint density at radius 1 is 0.482 bits per heavy atom. The van der Waals surface area contributed by atoms with E-state index >= 15 is 0 Å². The second-order valence-electron chi connectivity index (χ2n) is 28.6. The molecule has 6 heterocycles. The third-order valence-corrected chi connectivity index (χ3v) is 24.1. The molecule has 6 aliphatic heterocycles. The van der Waals surface area contributed by atoms with Crippen LogP contribution >= 0.6 is 0 Å². The summed E-state index contributed by atoms with van der Waals surface area (Å²) in [5, 5.41) is 165.